The lowest BCUT2D eigenvalue weighted by Crippen LogP contribution is -2.00. The van der Waals surface area contributed by atoms with Gasteiger partial charge in [0.05, 0.1) is 5.69 Å². The summed E-state index contributed by atoms with van der Waals surface area (Å²) in [5.41, 5.74) is 3.28. The number of hydrogen-bond acceptors (Lipinski definition) is 2. The Morgan fingerprint density at radius 3 is 2.18 bits per heavy atom. The van der Waals surface area contributed by atoms with E-state index in [9.17, 15) is 4.39 Å². The predicted octanol–water partition coefficient (Wildman–Crippen LogP) is 3.86. The van der Waals surface area contributed by atoms with Gasteiger partial charge in [-0.3, -0.25) is 0 Å². The first-order chi connectivity index (χ1) is 8.00. The van der Waals surface area contributed by atoms with Gasteiger partial charge in [-0.2, -0.15) is 0 Å². The molecule has 0 saturated heterocycles. The number of aromatic nitrogens is 2. The molecule has 2 rings (SSSR count). The normalized spacial score (nSPS) is 10.6. The lowest BCUT2D eigenvalue weighted by atomic mass is 10.0. The van der Waals surface area contributed by atoms with Gasteiger partial charge in [-0.05, 0) is 31.9 Å². The number of benzene rings is 1. The van der Waals surface area contributed by atoms with Gasteiger partial charge in [0.2, 0.25) is 0 Å². The molecule has 4 heteroatoms. The molecule has 2 nitrogen and oxygen atoms in total. The molecule has 0 radical (unpaired) electrons. The summed E-state index contributed by atoms with van der Waals surface area (Å²) in [5, 5.41) is -0.129. The van der Waals surface area contributed by atoms with Crippen LogP contribution in [0.5, 0.6) is 0 Å². The Morgan fingerprint density at radius 1 is 1.06 bits per heavy atom. The third-order valence-electron chi connectivity index (χ3n) is 2.68. The molecule has 0 atom stereocenters. The first-order valence-electron chi connectivity index (χ1n) is 5.27. The maximum atomic E-state index is 13.4. The minimum absolute atomic E-state index is 0.129. The van der Waals surface area contributed by atoms with Crippen molar-refractivity contribution in [1.29, 1.82) is 0 Å². The van der Waals surface area contributed by atoms with Gasteiger partial charge in [-0.25, -0.2) is 14.4 Å². The predicted molar refractivity (Wildman–Crippen MR) is 66.6 cm³/mol. The van der Waals surface area contributed by atoms with Gasteiger partial charge < -0.3 is 0 Å². The Labute approximate surface area is 104 Å². The van der Waals surface area contributed by atoms with Crippen molar-refractivity contribution < 1.29 is 4.39 Å². The van der Waals surface area contributed by atoms with Crippen molar-refractivity contribution in [3.63, 3.8) is 0 Å². The zero-order valence-corrected chi connectivity index (χ0v) is 10.6. The summed E-state index contributed by atoms with van der Waals surface area (Å²) >= 11 is 5.75. The minimum atomic E-state index is -0.554. The van der Waals surface area contributed by atoms with Crippen molar-refractivity contribution in [2.75, 3.05) is 0 Å². The molecule has 1 aromatic carbocycles. The van der Waals surface area contributed by atoms with Crippen LogP contribution in [0.25, 0.3) is 11.4 Å². The van der Waals surface area contributed by atoms with Crippen molar-refractivity contribution in [2.24, 2.45) is 0 Å². The van der Waals surface area contributed by atoms with Crippen molar-refractivity contribution in [3.05, 3.63) is 46.0 Å². The number of hydrogen-bond donors (Lipinski definition) is 0. The van der Waals surface area contributed by atoms with Gasteiger partial charge in [0.25, 0.3) is 0 Å². The second-order valence-corrected chi connectivity index (χ2v) is 4.36. The molecular formula is C13H12ClFN2. The number of halogens is 2. The van der Waals surface area contributed by atoms with Crippen molar-refractivity contribution in [1.82, 2.24) is 9.97 Å². The molecule has 2 aromatic rings. The van der Waals surface area contributed by atoms with Gasteiger partial charge in [-0.1, -0.05) is 29.8 Å². The van der Waals surface area contributed by atoms with E-state index in [4.69, 9.17) is 11.6 Å². The summed E-state index contributed by atoms with van der Waals surface area (Å²) in [4.78, 5) is 8.16. The van der Waals surface area contributed by atoms with Crippen LogP contribution >= 0.6 is 11.6 Å². The average Bonchev–Trinajstić information content (AvgIpc) is 2.25. The van der Waals surface area contributed by atoms with Crippen LogP contribution < -0.4 is 0 Å². The van der Waals surface area contributed by atoms with E-state index in [-0.39, 0.29) is 10.8 Å². The van der Waals surface area contributed by atoms with Gasteiger partial charge in [0.1, 0.15) is 0 Å². The van der Waals surface area contributed by atoms with E-state index in [2.05, 4.69) is 9.97 Å². The van der Waals surface area contributed by atoms with Crippen LogP contribution in [0.1, 0.15) is 16.8 Å². The number of nitrogens with zero attached hydrogens (tertiary/aromatic N) is 2. The molecule has 0 amide bonds. The quantitative estimate of drug-likeness (QED) is 0.718. The van der Waals surface area contributed by atoms with Gasteiger partial charge in [0.15, 0.2) is 16.8 Å². The van der Waals surface area contributed by atoms with E-state index in [0.717, 1.165) is 16.7 Å². The van der Waals surface area contributed by atoms with Crippen LogP contribution in [0.4, 0.5) is 4.39 Å². The van der Waals surface area contributed by atoms with Crippen LogP contribution in [0, 0.1) is 26.6 Å². The van der Waals surface area contributed by atoms with Gasteiger partial charge in [0, 0.05) is 5.56 Å². The second kappa shape index (κ2) is 4.41. The maximum Gasteiger partial charge on any atom is 0.181 e. The van der Waals surface area contributed by atoms with Crippen molar-refractivity contribution in [3.8, 4) is 11.4 Å². The lowest BCUT2D eigenvalue weighted by molar-refractivity contribution is 0.603. The summed E-state index contributed by atoms with van der Waals surface area (Å²) in [7, 11) is 0. The van der Waals surface area contributed by atoms with E-state index < -0.39 is 5.82 Å². The first kappa shape index (κ1) is 12.0. The molecule has 0 aliphatic heterocycles. The smallest absolute Gasteiger partial charge is 0.181 e. The molecule has 0 unspecified atom stereocenters. The van der Waals surface area contributed by atoms with Gasteiger partial charge >= 0.3 is 0 Å². The fraction of sp³-hybridized carbons (Fsp3) is 0.231. The van der Waals surface area contributed by atoms with E-state index in [1.54, 1.807) is 6.92 Å². The Hall–Kier alpha value is -1.48. The Bertz CT molecular complexity index is 538. The fourth-order valence-corrected chi connectivity index (χ4v) is 2.02. The fourth-order valence-electron chi connectivity index (χ4n) is 1.80. The SMILES string of the molecule is Cc1cccc(C)c1-c1nc(C)c(F)c(Cl)n1. The molecule has 0 fully saturated rings. The highest BCUT2D eigenvalue weighted by molar-refractivity contribution is 6.29. The Morgan fingerprint density at radius 2 is 1.65 bits per heavy atom. The minimum Gasteiger partial charge on any atom is -0.230 e. The molecule has 0 aliphatic carbocycles. The molecular weight excluding hydrogens is 239 g/mol. The van der Waals surface area contributed by atoms with Crippen LogP contribution in [0.3, 0.4) is 0 Å². The van der Waals surface area contributed by atoms with Crippen molar-refractivity contribution in [2.45, 2.75) is 20.8 Å². The highest BCUT2D eigenvalue weighted by Gasteiger charge is 2.13. The lowest BCUT2D eigenvalue weighted by Gasteiger charge is -2.09. The van der Waals surface area contributed by atoms with E-state index in [0.29, 0.717) is 5.82 Å². The topological polar surface area (TPSA) is 25.8 Å². The second-order valence-electron chi connectivity index (χ2n) is 4.00. The molecule has 88 valence electrons. The van der Waals surface area contributed by atoms with Crippen LogP contribution in [-0.4, -0.2) is 9.97 Å². The van der Waals surface area contributed by atoms with E-state index >= 15 is 0 Å². The molecule has 0 saturated carbocycles. The maximum absolute atomic E-state index is 13.4. The molecule has 0 N–H and O–H groups in total. The van der Waals surface area contributed by atoms with E-state index in [1.807, 2.05) is 32.0 Å². The molecule has 0 bridgehead atoms. The molecule has 1 aromatic heterocycles. The standard InChI is InChI=1S/C13H12ClFN2/c1-7-5-4-6-8(2)10(7)13-16-9(3)11(15)12(14)17-13/h4-6H,1-3H3. The van der Waals surface area contributed by atoms with Crippen LogP contribution in [-0.2, 0) is 0 Å². The largest absolute Gasteiger partial charge is 0.230 e. The monoisotopic (exact) mass is 250 g/mol. The molecule has 0 spiro atoms. The summed E-state index contributed by atoms with van der Waals surface area (Å²) in [6.45, 7) is 5.52. The zero-order valence-electron chi connectivity index (χ0n) is 9.88. The summed E-state index contributed by atoms with van der Waals surface area (Å²) in [6, 6.07) is 5.91. The third kappa shape index (κ3) is 2.15. The molecule has 17 heavy (non-hydrogen) atoms. The van der Waals surface area contributed by atoms with Gasteiger partial charge in [-0.15, -0.1) is 0 Å². The number of rotatable bonds is 1. The number of aryl methyl sites for hydroxylation is 3. The van der Waals surface area contributed by atoms with E-state index in [1.165, 1.54) is 0 Å². The summed E-state index contributed by atoms with van der Waals surface area (Å²) in [6.07, 6.45) is 0. The average molecular weight is 251 g/mol. The Balaban J connectivity index is 2.69. The summed E-state index contributed by atoms with van der Waals surface area (Å²) < 4.78 is 13.4. The summed E-state index contributed by atoms with van der Waals surface area (Å²) in [5.74, 6) is -0.0776. The molecule has 1 heterocycles. The highest BCUT2D eigenvalue weighted by Crippen LogP contribution is 2.26. The Kier molecular flexibility index (Phi) is 3.11. The van der Waals surface area contributed by atoms with Crippen LogP contribution in [0.2, 0.25) is 5.15 Å². The first-order valence-corrected chi connectivity index (χ1v) is 5.64. The molecule has 0 aliphatic rings. The van der Waals surface area contributed by atoms with Crippen LogP contribution in [0.15, 0.2) is 18.2 Å². The zero-order chi connectivity index (χ0) is 12.6. The third-order valence-corrected chi connectivity index (χ3v) is 2.93. The van der Waals surface area contributed by atoms with Crippen molar-refractivity contribution >= 4 is 11.6 Å². The highest BCUT2D eigenvalue weighted by atomic mass is 35.5.